The molecule has 3 aromatic rings. The lowest BCUT2D eigenvalue weighted by Crippen LogP contribution is -2.00. The molecule has 1 aromatic carbocycles. The van der Waals surface area contributed by atoms with E-state index in [-0.39, 0.29) is 6.42 Å². The molecular formula is C16H16N2O2S. The number of nitrogens with zero attached hydrogens (tertiary/aromatic N) is 1. The van der Waals surface area contributed by atoms with Gasteiger partial charge in [0.1, 0.15) is 5.01 Å². The Morgan fingerprint density at radius 2 is 2.14 bits per heavy atom. The summed E-state index contributed by atoms with van der Waals surface area (Å²) in [7, 11) is 0. The Kier molecular flexibility index (Phi) is 3.51. The summed E-state index contributed by atoms with van der Waals surface area (Å²) in [5, 5.41) is 12.7. The number of carboxylic acid groups (broad SMARTS) is 1. The number of aromatic nitrogens is 2. The van der Waals surface area contributed by atoms with E-state index < -0.39 is 5.97 Å². The minimum Gasteiger partial charge on any atom is -0.481 e. The first kappa shape index (κ1) is 13.8. The van der Waals surface area contributed by atoms with Gasteiger partial charge >= 0.3 is 5.97 Å². The zero-order chi connectivity index (χ0) is 15.0. The highest BCUT2D eigenvalue weighted by Gasteiger charge is 2.18. The summed E-state index contributed by atoms with van der Waals surface area (Å²) in [6.45, 7) is 4.28. The van der Waals surface area contributed by atoms with Gasteiger partial charge in [-0.2, -0.15) is 0 Å². The van der Waals surface area contributed by atoms with Crippen molar-refractivity contribution in [2.24, 2.45) is 0 Å². The maximum Gasteiger partial charge on any atom is 0.309 e. The van der Waals surface area contributed by atoms with Crippen LogP contribution in [0.4, 0.5) is 0 Å². The number of hydrogen-bond acceptors (Lipinski definition) is 3. The molecule has 0 unspecified atom stereocenters. The third-order valence-electron chi connectivity index (χ3n) is 3.41. The fourth-order valence-electron chi connectivity index (χ4n) is 2.48. The standard InChI is InChI=1S/C16H16N2O2S/c1-9(2)15-14(11-5-3-4-6-12(11)18-15)16-17-10(8-21-16)7-13(19)20/h3-6,8-9,18H,7H2,1-2H3,(H,19,20). The molecule has 4 nitrogen and oxygen atoms in total. The van der Waals surface area contributed by atoms with E-state index in [9.17, 15) is 4.79 Å². The molecule has 0 aliphatic carbocycles. The van der Waals surface area contributed by atoms with Crippen molar-refractivity contribution in [3.63, 3.8) is 0 Å². The number of carbonyl (C=O) groups is 1. The van der Waals surface area contributed by atoms with E-state index in [0.29, 0.717) is 11.6 Å². The van der Waals surface area contributed by atoms with Crippen LogP contribution in [0.2, 0.25) is 0 Å². The fourth-order valence-corrected chi connectivity index (χ4v) is 3.38. The maximum absolute atomic E-state index is 10.8. The number of aliphatic carboxylic acids is 1. The van der Waals surface area contributed by atoms with Crippen molar-refractivity contribution >= 4 is 28.2 Å². The first-order chi connectivity index (χ1) is 10.1. The second-order valence-corrected chi connectivity index (χ2v) is 6.19. The highest BCUT2D eigenvalue weighted by molar-refractivity contribution is 7.13. The van der Waals surface area contributed by atoms with Crippen LogP contribution < -0.4 is 0 Å². The average Bonchev–Trinajstić information content (AvgIpc) is 3.01. The number of fused-ring (bicyclic) bond motifs is 1. The van der Waals surface area contributed by atoms with Gasteiger partial charge in [0, 0.05) is 27.5 Å². The van der Waals surface area contributed by atoms with Crippen molar-refractivity contribution in [3.8, 4) is 10.6 Å². The minimum absolute atomic E-state index is 0.0319. The number of carboxylic acids is 1. The Hall–Kier alpha value is -2.14. The van der Waals surface area contributed by atoms with Crippen LogP contribution in [-0.2, 0) is 11.2 Å². The summed E-state index contributed by atoms with van der Waals surface area (Å²) in [6.07, 6.45) is -0.0319. The number of benzene rings is 1. The highest BCUT2D eigenvalue weighted by atomic mass is 32.1. The molecule has 0 bridgehead atoms. The molecule has 2 N–H and O–H groups in total. The molecule has 2 aromatic heterocycles. The molecule has 0 aliphatic heterocycles. The van der Waals surface area contributed by atoms with Crippen molar-refractivity contribution in [3.05, 3.63) is 41.0 Å². The van der Waals surface area contributed by atoms with Gasteiger partial charge in [0.2, 0.25) is 0 Å². The van der Waals surface area contributed by atoms with Gasteiger partial charge in [0.25, 0.3) is 0 Å². The lowest BCUT2D eigenvalue weighted by Gasteiger charge is -2.05. The molecule has 0 fully saturated rings. The first-order valence-corrected chi connectivity index (χ1v) is 7.71. The molecular weight excluding hydrogens is 284 g/mol. The quantitative estimate of drug-likeness (QED) is 0.764. The second-order valence-electron chi connectivity index (χ2n) is 5.33. The normalized spacial score (nSPS) is 11.4. The zero-order valence-electron chi connectivity index (χ0n) is 11.9. The minimum atomic E-state index is -0.852. The van der Waals surface area contributed by atoms with E-state index in [1.165, 1.54) is 11.3 Å². The number of rotatable bonds is 4. The number of aromatic amines is 1. The van der Waals surface area contributed by atoms with Gasteiger partial charge in [0.05, 0.1) is 12.1 Å². The van der Waals surface area contributed by atoms with E-state index in [1.807, 2.05) is 17.5 Å². The molecule has 2 heterocycles. The SMILES string of the molecule is CC(C)c1[nH]c2ccccc2c1-c1nc(CC(=O)O)cs1. The summed E-state index contributed by atoms with van der Waals surface area (Å²) in [4.78, 5) is 18.8. The Morgan fingerprint density at radius 3 is 2.86 bits per heavy atom. The zero-order valence-corrected chi connectivity index (χ0v) is 12.7. The summed E-state index contributed by atoms with van der Waals surface area (Å²) in [5.74, 6) is -0.505. The van der Waals surface area contributed by atoms with Gasteiger partial charge in [0.15, 0.2) is 0 Å². The third kappa shape index (κ3) is 2.56. The molecule has 0 spiro atoms. The number of thiazole rings is 1. The van der Waals surface area contributed by atoms with Gasteiger partial charge in [-0.1, -0.05) is 32.0 Å². The molecule has 0 atom stereocenters. The highest BCUT2D eigenvalue weighted by Crippen LogP contribution is 2.37. The molecule has 3 rings (SSSR count). The summed E-state index contributed by atoms with van der Waals surface area (Å²) in [5.41, 5.74) is 3.95. The van der Waals surface area contributed by atoms with E-state index >= 15 is 0 Å². The summed E-state index contributed by atoms with van der Waals surface area (Å²) < 4.78 is 0. The summed E-state index contributed by atoms with van der Waals surface area (Å²) in [6, 6.07) is 8.14. The van der Waals surface area contributed by atoms with Crippen molar-refractivity contribution in [1.82, 2.24) is 9.97 Å². The van der Waals surface area contributed by atoms with Crippen molar-refractivity contribution in [1.29, 1.82) is 0 Å². The van der Waals surface area contributed by atoms with E-state index in [1.54, 1.807) is 0 Å². The predicted molar refractivity (Wildman–Crippen MR) is 84.8 cm³/mol. The number of para-hydroxylation sites is 1. The topological polar surface area (TPSA) is 66.0 Å². The monoisotopic (exact) mass is 300 g/mol. The smallest absolute Gasteiger partial charge is 0.309 e. The molecule has 108 valence electrons. The molecule has 0 amide bonds. The lowest BCUT2D eigenvalue weighted by molar-refractivity contribution is -0.136. The summed E-state index contributed by atoms with van der Waals surface area (Å²) >= 11 is 1.50. The van der Waals surface area contributed by atoms with Crippen LogP contribution in [0.5, 0.6) is 0 Å². The lowest BCUT2D eigenvalue weighted by atomic mass is 10.0. The third-order valence-corrected chi connectivity index (χ3v) is 4.32. The molecule has 0 aliphatic rings. The number of H-pyrrole nitrogens is 1. The Morgan fingerprint density at radius 1 is 1.38 bits per heavy atom. The van der Waals surface area contributed by atoms with Crippen LogP contribution in [0, 0.1) is 0 Å². The molecule has 0 radical (unpaired) electrons. The van der Waals surface area contributed by atoms with Gasteiger partial charge in [-0.25, -0.2) is 4.98 Å². The van der Waals surface area contributed by atoms with Gasteiger partial charge in [-0.15, -0.1) is 11.3 Å². The Labute approximate surface area is 126 Å². The van der Waals surface area contributed by atoms with Gasteiger partial charge in [-0.05, 0) is 12.0 Å². The van der Waals surface area contributed by atoms with E-state index in [4.69, 9.17) is 5.11 Å². The number of nitrogens with one attached hydrogen (secondary N) is 1. The molecule has 5 heteroatoms. The Balaban J connectivity index is 2.16. The van der Waals surface area contributed by atoms with Crippen LogP contribution in [0.3, 0.4) is 0 Å². The van der Waals surface area contributed by atoms with Crippen LogP contribution in [0.25, 0.3) is 21.5 Å². The van der Waals surface area contributed by atoms with Crippen molar-refractivity contribution in [2.45, 2.75) is 26.2 Å². The second kappa shape index (κ2) is 5.33. The van der Waals surface area contributed by atoms with Crippen molar-refractivity contribution < 1.29 is 9.90 Å². The predicted octanol–water partition coefficient (Wildman–Crippen LogP) is 4.04. The Bertz CT molecular complexity index is 802. The van der Waals surface area contributed by atoms with Gasteiger partial charge in [-0.3, -0.25) is 4.79 Å². The van der Waals surface area contributed by atoms with E-state index in [0.717, 1.165) is 27.2 Å². The van der Waals surface area contributed by atoms with Crippen LogP contribution >= 0.6 is 11.3 Å². The maximum atomic E-state index is 10.8. The largest absolute Gasteiger partial charge is 0.481 e. The van der Waals surface area contributed by atoms with Gasteiger partial charge < -0.3 is 10.1 Å². The van der Waals surface area contributed by atoms with Crippen molar-refractivity contribution in [2.75, 3.05) is 0 Å². The number of hydrogen-bond donors (Lipinski definition) is 2. The molecule has 0 saturated heterocycles. The first-order valence-electron chi connectivity index (χ1n) is 6.83. The molecule has 21 heavy (non-hydrogen) atoms. The van der Waals surface area contributed by atoms with Crippen LogP contribution in [0.1, 0.15) is 31.2 Å². The average molecular weight is 300 g/mol. The van der Waals surface area contributed by atoms with E-state index in [2.05, 4.69) is 35.9 Å². The fraction of sp³-hybridized carbons (Fsp3) is 0.250. The van der Waals surface area contributed by atoms with Crippen LogP contribution in [0.15, 0.2) is 29.6 Å². The molecule has 0 saturated carbocycles. The van der Waals surface area contributed by atoms with Crippen LogP contribution in [-0.4, -0.2) is 21.0 Å².